The first-order valence-electron chi connectivity index (χ1n) is 5.83. The Morgan fingerprint density at radius 3 is 1.65 bits per heavy atom. The molecule has 20 heavy (non-hydrogen) atoms. The van der Waals surface area contributed by atoms with E-state index in [1.807, 2.05) is 0 Å². The van der Waals surface area contributed by atoms with Gasteiger partial charge >= 0.3 is 0 Å². The van der Waals surface area contributed by atoms with Crippen LogP contribution in [0, 0.1) is 5.92 Å². The zero-order chi connectivity index (χ0) is 16.0. The summed E-state index contributed by atoms with van der Waals surface area (Å²) in [5.74, 6) is -0.186. The van der Waals surface area contributed by atoms with Gasteiger partial charge in [0, 0.05) is 0 Å². The topological polar surface area (TPSA) is 109 Å². The van der Waals surface area contributed by atoms with Gasteiger partial charge in [-0.05, 0) is 42.4 Å². The molecule has 0 aromatic carbocycles. The highest BCUT2D eigenvalue weighted by Crippen LogP contribution is 2.26. The van der Waals surface area contributed by atoms with E-state index in [4.69, 9.17) is 4.55 Å². The summed E-state index contributed by atoms with van der Waals surface area (Å²) in [6.07, 6.45) is 0.0542. The SMILES string of the molecule is O=S(=O)(O)C(CCS)CC(CS)C(CCS)S(=O)(=O)O. The summed E-state index contributed by atoms with van der Waals surface area (Å²) in [6.45, 7) is 0. The average molecular weight is 385 g/mol. The summed E-state index contributed by atoms with van der Waals surface area (Å²) >= 11 is 11.9. The molecule has 6 nitrogen and oxygen atoms in total. The van der Waals surface area contributed by atoms with Gasteiger partial charge in [0.15, 0.2) is 0 Å². The molecule has 0 aliphatic heterocycles. The minimum Gasteiger partial charge on any atom is -0.285 e. The van der Waals surface area contributed by atoms with E-state index in [1.54, 1.807) is 0 Å². The zero-order valence-corrected chi connectivity index (χ0v) is 15.0. The Hall–Kier alpha value is 0.870. The number of hydrogen-bond acceptors (Lipinski definition) is 7. The number of hydrogen-bond donors (Lipinski definition) is 5. The Morgan fingerprint density at radius 2 is 1.35 bits per heavy atom. The Kier molecular flexibility index (Phi) is 9.51. The second-order valence-corrected chi connectivity index (χ2v) is 8.98. The molecule has 3 atom stereocenters. The van der Waals surface area contributed by atoms with Crippen LogP contribution in [0.15, 0.2) is 0 Å². The molecule has 0 saturated carbocycles. The second kappa shape index (κ2) is 9.11. The Labute approximate surface area is 136 Å². The van der Waals surface area contributed by atoms with Crippen LogP contribution >= 0.6 is 37.9 Å². The molecule has 0 heterocycles. The normalized spacial score (nSPS) is 17.6. The van der Waals surface area contributed by atoms with E-state index in [1.165, 1.54) is 0 Å². The summed E-state index contributed by atoms with van der Waals surface area (Å²) in [7, 11) is -8.64. The fourth-order valence-electron chi connectivity index (χ4n) is 1.97. The van der Waals surface area contributed by atoms with Gasteiger partial charge in [-0.25, -0.2) is 0 Å². The quantitative estimate of drug-likeness (QED) is 0.285. The van der Waals surface area contributed by atoms with Crippen LogP contribution in [0.2, 0.25) is 0 Å². The number of thiol groups is 3. The highest BCUT2D eigenvalue weighted by Gasteiger charge is 2.35. The van der Waals surface area contributed by atoms with Gasteiger partial charge in [0.1, 0.15) is 0 Å². The number of rotatable bonds is 10. The molecular weight excluding hydrogens is 364 g/mol. The first-order valence-corrected chi connectivity index (χ1v) is 10.7. The Balaban J connectivity index is 5.23. The largest absolute Gasteiger partial charge is 0.285 e. The van der Waals surface area contributed by atoms with E-state index < -0.39 is 36.7 Å². The molecule has 11 heteroatoms. The first kappa shape index (κ1) is 20.9. The average Bonchev–Trinajstić information content (AvgIpc) is 2.29. The van der Waals surface area contributed by atoms with Crippen molar-refractivity contribution >= 4 is 58.1 Å². The van der Waals surface area contributed by atoms with Crippen molar-refractivity contribution in [1.29, 1.82) is 0 Å². The van der Waals surface area contributed by atoms with Gasteiger partial charge < -0.3 is 0 Å². The summed E-state index contributed by atoms with van der Waals surface area (Å²) in [5.41, 5.74) is 0. The Morgan fingerprint density at radius 1 is 0.850 bits per heavy atom. The Bertz CT molecular complexity index is 473. The summed E-state index contributed by atoms with van der Waals surface area (Å²) < 4.78 is 63.7. The molecule has 0 aromatic heterocycles. The lowest BCUT2D eigenvalue weighted by Crippen LogP contribution is -2.36. The van der Waals surface area contributed by atoms with Crippen molar-refractivity contribution in [3.05, 3.63) is 0 Å². The van der Waals surface area contributed by atoms with E-state index in [2.05, 4.69) is 37.9 Å². The van der Waals surface area contributed by atoms with E-state index in [0.29, 0.717) is 0 Å². The second-order valence-electron chi connectivity index (χ2n) is 4.39. The maximum Gasteiger partial charge on any atom is 0.268 e. The van der Waals surface area contributed by atoms with Crippen LogP contribution in [0.1, 0.15) is 19.3 Å². The molecule has 0 aromatic rings. The minimum absolute atomic E-state index is 0.0663. The fraction of sp³-hybridized carbons (Fsp3) is 1.00. The van der Waals surface area contributed by atoms with E-state index in [-0.39, 0.29) is 36.5 Å². The molecule has 0 rings (SSSR count). The van der Waals surface area contributed by atoms with Crippen LogP contribution in [0.4, 0.5) is 0 Å². The van der Waals surface area contributed by atoms with Crippen LogP contribution in [-0.4, -0.2) is 53.7 Å². The monoisotopic (exact) mass is 384 g/mol. The molecule has 0 bridgehead atoms. The van der Waals surface area contributed by atoms with Crippen molar-refractivity contribution in [2.24, 2.45) is 5.92 Å². The van der Waals surface area contributed by atoms with Gasteiger partial charge in [-0.1, -0.05) is 0 Å². The van der Waals surface area contributed by atoms with Gasteiger partial charge in [-0.2, -0.15) is 54.7 Å². The van der Waals surface area contributed by atoms with Crippen molar-refractivity contribution in [3.63, 3.8) is 0 Å². The molecule has 0 spiro atoms. The molecule has 3 unspecified atom stereocenters. The molecule has 0 aliphatic carbocycles. The summed E-state index contributed by atoms with van der Waals surface area (Å²) in [5, 5.41) is -2.28. The van der Waals surface area contributed by atoms with Gasteiger partial charge in [-0.15, -0.1) is 0 Å². The predicted molar refractivity (Wildman–Crippen MR) is 89.6 cm³/mol. The maximum absolute atomic E-state index is 11.4. The van der Waals surface area contributed by atoms with Gasteiger partial charge in [0.05, 0.1) is 10.5 Å². The maximum atomic E-state index is 11.4. The lowest BCUT2D eigenvalue weighted by atomic mass is 9.98. The fourth-order valence-corrected chi connectivity index (χ4v) is 5.47. The van der Waals surface area contributed by atoms with Gasteiger partial charge in [0.25, 0.3) is 20.2 Å². The molecule has 0 saturated heterocycles. The van der Waals surface area contributed by atoms with Crippen molar-refractivity contribution in [1.82, 2.24) is 0 Å². The third-order valence-corrected chi connectivity index (χ3v) is 6.64. The molecule has 0 aliphatic rings. The van der Waals surface area contributed by atoms with Crippen molar-refractivity contribution in [2.45, 2.75) is 29.8 Å². The van der Waals surface area contributed by atoms with Crippen LogP contribution in [0.3, 0.4) is 0 Å². The summed E-state index contributed by atoms with van der Waals surface area (Å²) in [6, 6.07) is 0. The van der Waals surface area contributed by atoms with Crippen LogP contribution in [0.25, 0.3) is 0 Å². The van der Waals surface area contributed by atoms with Crippen molar-refractivity contribution < 1.29 is 25.9 Å². The molecule has 2 N–H and O–H groups in total. The van der Waals surface area contributed by atoms with Crippen LogP contribution in [0.5, 0.6) is 0 Å². The van der Waals surface area contributed by atoms with E-state index in [0.717, 1.165) is 0 Å². The summed E-state index contributed by atoms with van der Waals surface area (Å²) in [4.78, 5) is 0. The smallest absolute Gasteiger partial charge is 0.268 e. The van der Waals surface area contributed by atoms with Crippen molar-refractivity contribution in [3.8, 4) is 0 Å². The van der Waals surface area contributed by atoms with Gasteiger partial charge in [0.2, 0.25) is 0 Å². The molecule has 0 fully saturated rings. The zero-order valence-electron chi connectivity index (χ0n) is 10.7. The molecule has 0 amide bonds. The van der Waals surface area contributed by atoms with Crippen LogP contribution < -0.4 is 0 Å². The lowest BCUT2D eigenvalue weighted by Gasteiger charge is -2.25. The predicted octanol–water partition coefficient (Wildman–Crippen LogP) is 1.08. The highest BCUT2D eigenvalue weighted by atomic mass is 32.2. The third kappa shape index (κ3) is 7.23. The van der Waals surface area contributed by atoms with E-state index in [9.17, 15) is 21.4 Å². The van der Waals surface area contributed by atoms with Crippen LogP contribution in [-0.2, 0) is 20.2 Å². The molecular formula is C9H20O6S5. The van der Waals surface area contributed by atoms with E-state index >= 15 is 0 Å². The van der Waals surface area contributed by atoms with Crippen molar-refractivity contribution in [2.75, 3.05) is 17.3 Å². The third-order valence-electron chi connectivity index (χ3n) is 2.99. The lowest BCUT2D eigenvalue weighted by molar-refractivity contribution is 0.397. The first-order chi connectivity index (χ1) is 9.07. The highest BCUT2D eigenvalue weighted by molar-refractivity contribution is 7.87. The standard InChI is InChI=1S/C9H20O6S5/c10-19(11,12)8(1-3-16)5-7(6-18)9(2-4-17)20(13,14)15/h7-9,16-18H,1-6H2,(H,10,11,12)(H,13,14,15). The van der Waals surface area contributed by atoms with Gasteiger partial charge in [-0.3, -0.25) is 9.11 Å². The minimum atomic E-state index is -4.34. The molecule has 122 valence electrons. The molecule has 0 radical (unpaired) electrons.